The van der Waals surface area contributed by atoms with E-state index < -0.39 is 6.10 Å². The molecule has 1 aliphatic heterocycles. The Kier molecular flexibility index (Phi) is 5.82. The third-order valence-electron chi connectivity index (χ3n) is 5.47. The van der Waals surface area contributed by atoms with E-state index in [4.69, 9.17) is 20.9 Å². The highest BCUT2D eigenvalue weighted by Crippen LogP contribution is 2.31. The first-order chi connectivity index (χ1) is 14.4. The smallest absolute Gasteiger partial charge is 0.263 e. The van der Waals surface area contributed by atoms with Gasteiger partial charge in [-0.2, -0.15) is 0 Å². The van der Waals surface area contributed by atoms with Crippen LogP contribution in [0.1, 0.15) is 43.5 Å². The molecule has 30 heavy (non-hydrogen) atoms. The van der Waals surface area contributed by atoms with Crippen LogP contribution in [0.2, 0.25) is 5.02 Å². The summed E-state index contributed by atoms with van der Waals surface area (Å²) in [4.78, 5) is 14.7. The lowest BCUT2D eigenvalue weighted by Crippen LogP contribution is -2.43. The van der Waals surface area contributed by atoms with Gasteiger partial charge in [-0.15, -0.1) is 0 Å². The summed E-state index contributed by atoms with van der Waals surface area (Å²) in [6.07, 6.45) is 0.123. The van der Waals surface area contributed by atoms with Crippen molar-refractivity contribution in [2.75, 3.05) is 6.54 Å². The number of carbonyl (C=O) groups is 1. The summed E-state index contributed by atoms with van der Waals surface area (Å²) in [6.45, 7) is 7.11. The molecule has 2 heterocycles. The minimum atomic E-state index is -0.570. The van der Waals surface area contributed by atoms with Gasteiger partial charge in [0, 0.05) is 22.7 Å². The maximum Gasteiger partial charge on any atom is 0.263 e. The van der Waals surface area contributed by atoms with E-state index in [0.29, 0.717) is 36.2 Å². The normalized spacial score (nSPS) is 14.5. The van der Waals surface area contributed by atoms with Crippen LogP contribution in [0, 0.1) is 0 Å². The summed E-state index contributed by atoms with van der Waals surface area (Å²) in [7, 11) is 0. The van der Waals surface area contributed by atoms with Crippen LogP contribution in [0.4, 0.5) is 0 Å². The number of hydrogen-bond donors (Lipinski definition) is 0. The van der Waals surface area contributed by atoms with Crippen LogP contribution in [0.3, 0.4) is 0 Å². The van der Waals surface area contributed by atoms with Crippen molar-refractivity contribution in [1.29, 1.82) is 0 Å². The van der Waals surface area contributed by atoms with E-state index in [-0.39, 0.29) is 5.91 Å². The average Bonchev–Trinajstić information content (AvgIpc) is 3.17. The first-order valence-electron chi connectivity index (χ1n) is 10.2. The molecule has 1 aliphatic rings. The van der Waals surface area contributed by atoms with Gasteiger partial charge in [0.15, 0.2) is 11.9 Å². The van der Waals surface area contributed by atoms with Gasteiger partial charge in [0.2, 0.25) is 0 Å². The van der Waals surface area contributed by atoms with Gasteiger partial charge in [-0.3, -0.25) is 4.79 Å². The molecule has 0 N–H and O–H groups in total. The van der Waals surface area contributed by atoms with Crippen molar-refractivity contribution in [3.05, 3.63) is 70.4 Å². The van der Waals surface area contributed by atoms with Gasteiger partial charge in [-0.05, 0) is 61.2 Å². The second-order valence-corrected chi connectivity index (χ2v) is 8.37. The lowest BCUT2D eigenvalue weighted by Gasteiger charge is -2.28. The Bertz CT molecular complexity index is 1030. The quantitative estimate of drug-likeness (QED) is 0.544. The Labute approximate surface area is 181 Å². The van der Waals surface area contributed by atoms with Crippen molar-refractivity contribution in [1.82, 2.24) is 10.1 Å². The van der Waals surface area contributed by atoms with Crippen molar-refractivity contribution in [3.63, 3.8) is 0 Å². The number of fused-ring (bicyclic) bond motifs is 1. The fourth-order valence-corrected chi connectivity index (χ4v) is 3.82. The van der Waals surface area contributed by atoms with E-state index >= 15 is 0 Å². The summed E-state index contributed by atoms with van der Waals surface area (Å²) in [5.41, 5.74) is 4.04. The molecule has 6 heteroatoms. The van der Waals surface area contributed by atoms with Gasteiger partial charge < -0.3 is 14.2 Å². The molecule has 0 spiro atoms. The summed E-state index contributed by atoms with van der Waals surface area (Å²) in [6, 6.07) is 15.4. The van der Waals surface area contributed by atoms with Gasteiger partial charge in [0.05, 0.1) is 6.54 Å². The van der Waals surface area contributed by atoms with Gasteiger partial charge in [0.25, 0.3) is 5.91 Å². The highest BCUT2D eigenvalue weighted by atomic mass is 35.5. The van der Waals surface area contributed by atoms with Gasteiger partial charge in [0.1, 0.15) is 11.4 Å². The van der Waals surface area contributed by atoms with Crippen molar-refractivity contribution < 1.29 is 14.1 Å². The van der Waals surface area contributed by atoms with Crippen molar-refractivity contribution in [2.45, 2.75) is 45.8 Å². The molecule has 1 aromatic heterocycles. The van der Waals surface area contributed by atoms with Crippen LogP contribution in [-0.4, -0.2) is 28.6 Å². The van der Waals surface area contributed by atoms with E-state index in [0.717, 1.165) is 22.6 Å². The number of amides is 1. The largest absolute Gasteiger partial charge is 0.481 e. The van der Waals surface area contributed by atoms with Gasteiger partial charge in [-0.25, -0.2) is 0 Å². The number of aromatic nitrogens is 1. The summed E-state index contributed by atoms with van der Waals surface area (Å²) >= 11 is 5.98. The van der Waals surface area contributed by atoms with E-state index in [1.807, 2.05) is 48.5 Å². The number of ether oxygens (including phenoxy) is 1. The fraction of sp³-hybridized carbons (Fsp3) is 0.333. The van der Waals surface area contributed by atoms with Crippen LogP contribution in [-0.2, 0) is 17.8 Å². The summed E-state index contributed by atoms with van der Waals surface area (Å²) in [5.74, 6) is 1.86. The first-order valence-corrected chi connectivity index (χ1v) is 10.6. The zero-order valence-electron chi connectivity index (χ0n) is 17.4. The average molecular weight is 425 g/mol. The van der Waals surface area contributed by atoms with Crippen molar-refractivity contribution in [3.8, 4) is 17.1 Å². The Balaban J connectivity index is 1.42. The fourth-order valence-electron chi connectivity index (χ4n) is 3.69. The third kappa shape index (κ3) is 4.21. The topological polar surface area (TPSA) is 55.6 Å². The molecule has 0 aliphatic carbocycles. The van der Waals surface area contributed by atoms with Crippen LogP contribution in [0.5, 0.6) is 5.75 Å². The molecule has 1 amide bonds. The van der Waals surface area contributed by atoms with E-state index in [1.165, 1.54) is 5.56 Å². The Morgan fingerprint density at radius 2 is 1.80 bits per heavy atom. The number of hydrogen-bond acceptors (Lipinski definition) is 4. The highest BCUT2D eigenvalue weighted by Gasteiger charge is 2.30. The summed E-state index contributed by atoms with van der Waals surface area (Å²) in [5, 5.41) is 4.89. The zero-order valence-corrected chi connectivity index (χ0v) is 18.1. The molecule has 3 aromatic rings. The molecule has 2 aromatic carbocycles. The first kappa shape index (κ1) is 20.5. The Morgan fingerprint density at radius 1 is 1.10 bits per heavy atom. The lowest BCUT2D eigenvalue weighted by atomic mass is 10.0. The number of carbonyl (C=O) groups excluding carboxylic acids is 1. The van der Waals surface area contributed by atoms with Crippen LogP contribution >= 0.6 is 11.6 Å². The highest BCUT2D eigenvalue weighted by molar-refractivity contribution is 6.30. The van der Waals surface area contributed by atoms with Gasteiger partial charge in [-0.1, -0.05) is 42.7 Å². The molecular weight excluding hydrogens is 400 g/mol. The number of nitrogens with zero attached hydrogens (tertiary/aromatic N) is 2. The third-order valence-corrected chi connectivity index (χ3v) is 5.72. The molecule has 0 bridgehead atoms. The second-order valence-electron chi connectivity index (χ2n) is 7.94. The molecular formula is C24H25ClN2O3. The SMILES string of the molecule is CC(Oc1ccc(C(C)C)cc1)C(=O)N1CCc2c(noc2-c2ccc(Cl)cc2)C1. The van der Waals surface area contributed by atoms with Crippen molar-refractivity contribution >= 4 is 17.5 Å². The standard InChI is InChI=1S/C24H25ClN2O3/c1-15(2)17-6-10-20(11-7-17)29-16(3)24(28)27-13-12-21-22(14-27)26-30-23(21)18-4-8-19(25)9-5-18/h4-11,15-16H,12-14H2,1-3H3. The van der Waals surface area contributed by atoms with Gasteiger partial charge >= 0.3 is 0 Å². The van der Waals surface area contributed by atoms with E-state index in [1.54, 1.807) is 11.8 Å². The zero-order chi connectivity index (χ0) is 21.3. The molecule has 0 saturated heterocycles. The minimum Gasteiger partial charge on any atom is -0.481 e. The molecule has 1 unspecified atom stereocenters. The predicted octanol–water partition coefficient (Wildman–Crippen LogP) is 5.47. The molecule has 156 valence electrons. The lowest BCUT2D eigenvalue weighted by molar-refractivity contribution is -0.139. The molecule has 0 saturated carbocycles. The van der Waals surface area contributed by atoms with E-state index in [2.05, 4.69) is 19.0 Å². The Morgan fingerprint density at radius 3 is 2.47 bits per heavy atom. The maximum absolute atomic E-state index is 12.9. The summed E-state index contributed by atoms with van der Waals surface area (Å²) < 4.78 is 11.5. The molecule has 5 nitrogen and oxygen atoms in total. The molecule has 0 radical (unpaired) electrons. The van der Waals surface area contributed by atoms with Crippen LogP contribution in [0.25, 0.3) is 11.3 Å². The number of benzene rings is 2. The Hall–Kier alpha value is -2.79. The minimum absolute atomic E-state index is 0.0513. The van der Waals surface area contributed by atoms with Crippen molar-refractivity contribution in [2.24, 2.45) is 0 Å². The number of rotatable bonds is 5. The monoisotopic (exact) mass is 424 g/mol. The molecule has 1 atom stereocenters. The predicted molar refractivity (Wildman–Crippen MR) is 117 cm³/mol. The maximum atomic E-state index is 12.9. The van der Waals surface area contributed by atoms with E-state index in [9.17, 15) is 4.79 Å². The second kappa shape index (κ2) is 8.52. The number of halogens is 1. The van der Waals surface area contributed by atoms with Crippen LogP contribution in [0.15, 0.2) is 53.1 Å². The van der Waals surface area contributed by atoms with Crippen LogP contribution < -0.4 is 4.74 Å². The molecule has 0 fully saturated rings. The molecule has 4 rings (SSSR count).